The molecule has 17 heavy (non-hydrogen) atoms. The minimum absolute atomic E-state index is 0.0274. The fourth-order valence-corrected chi connectivity index (χ4v) is 1.66. The van der Waals surface area contributed by atoms with E-state index in [1.807, 2.05) is 0 Å². The summed E-state index contributed by atoms with van der Waals surface area (Å²) < 4.78 is 0.652. The molecule has 1 unspecified atom stereocenters. The molecular formula is C11H16BrN3O2. The van der Waals surface area contributed by atoms with Gasteiger partial charge in [-0.25, -0.2) is 4.98 Å². The minimum atomic E-state index is -0.428. The van der Waals surface area contributed by atoms with Crippen LogP contribution in [0.15, 0.2) is 10.7 Å². The molecule has 0 fully saturated rings. The predicted octanol–water partition coefficient (Wildman–Crippen LogP) is 3.52. The van der Waals surface area contributed by atoms with Gasteiger partial charge in [0, 0.05) is 11.6 Å². The van der Waals surface area contributed by atoms with E-state index in [0.717, 1.165) is 0 Å². The summed E-state index contributed by atoms with van der Waals surface area (Å²) in [5, 5.41) is 14.0. The Morgan fingerprint density at radius 2 is 2.06 bits per heavy atom. The third-order valence-corrected chi connectivity index (χ3v) is 3.77. The lowest BCUT2D eigenvalue weighted by atomic mass is 10.1. The number of hydrogen-bond acceptors (Lipinski definition) is 4. The van der Waals surface area contributed by atoms with Crippen LogP contribution < -0.4 is 5.32 Å². The second kappa shape index (κ2) is 5.44. The summed E-state index contributed by atoms with van der Waals surface area (Å²) >= 11 is 3.35. The molecule has 1 atom stereocenters. The van der Waals surface area contributed by atoms with E-state index in [1.54, 1.807) is 6.92 Å². The molecule has 1 N–H and O–H groups in total. The summed E-state index contributed by atoms with van der Waals surface area (Å²) in [6.07, 6.45) is 1.29. The first-order chi connectivity index (χ1) is 7.84. The number of hydrogen-bond donors (Lipinski definition) is 1. The molecule has 0 spiro atoms. The average Bonchev–Trinajstić information content (AvgIpc) is 2.24. The zero-order chi connectivity index (χ0) is 13.2. The molecule has 1 heterocycles. The van der Waals surface area contributed by atoms with Gasteiger partial charge in [0.1, 0.15) is 12.0 Å². The zero-order valence-corrected chi connectivity index (χ0v) is 11.9. The zero-order valence-electron chi connectivity index (χ0n) is 10.3. The van der Waals surface area contributed by atoms with E-state index in [1.165, 1.54) is 6.20 Å². The summed E-state index contributed by atoms with van der Waals surface area (Å²) in [6, 6.07) is 0.250. The lowest BCUT2D eigenvalue weighted by Crippen LogP contribution is -2.22. The van der Waals surface area contributed by atoms with Gasteiger partial charge in [-0.3, -0.25) is 10.1 Å². The minimum Gasteiger partial charge on any atom is -0.366 e. The highest BCUT2D eigenvalue weighted by Gasteiger charge is 2.18. The maximum Gasteiger partial charge on any atom is 0.291 e. The molecule has 1 rings (SSSR count). The van der Waals surface area contributed by atoms with Crippen LogP contribution in [0.3, 0.4) is 0 Å². The first-order valence-corrected chi connectivity index (χ1v) is 6.20. The molecule has 1 aromatic rings. The van der Waals surface area contributed by atoms with Gasteiger partial charge in [-0.2, -0.15) is 0 Å². The Morgan fingerprint density at radius 3 is 2.53 bits per heavy atom. The standard InChI is InChI=1S/C11H16BrN3O2/c1-6(2)8(4)14-11-10(12)7(3)9(5-13-11)15(16)17/h5-6,8H,1-4H3,(H,13,14). The van der Waals surface area contributed by atoms with Crippen LogP contribution in [0, 0.1) is 23.0 Å². The van der Waals surface area contributed by atoms with Crippen molar-refractivity contribution in [2.75, 3.05) is 5.32 Å². The van der Waals surface area contributed by atoms with Gasteiger partial charge in [-0.1, -0.05) is 13.8 Å². The molecule has 0 saturated carbocycles. The highest BCUT2D eigenvalue weighted by atomic mass is 79.9. The molecule has 0 radical (unpaired) electrons. The normalized spacial score (nSPS) is 12.6. The van der Waals surface area contributed by atoms with Crippen molar-refractivity contribution >= 4 is 27.4 Å². The summed E-state index contributed by atoms with van der Waals surface area (Å²) in [4.78, 5) is 14.4. The number of halogens is 1. The number of nitrogens with one attached hydrogen (secondary N) is 1. The second-order valence-electron chi connectivity index (χ2n) is 4.37. The van der Waals surface area contributed by atoms with Crippen molar-refractivity contribution < 1.29 is 4.92 Å². The Balaban J connectivity index is 3.05. The molecule has 0 aliphatic carbocycles. The second-order valence-corrected chi connectivity index (χ2v) is 5.16. The van der Waals surface area contributed by atoms with Crippen LogP contribution in [-0.4, -0.2) is 15.9 Å². The van der Waals surface area contributed by atoms with Gasteiger partial charge in [-0.15, -0.1) is 0 Å². The van der Waals surface area contributed by atoms with Crippen molar-refractivity contribution in [1.82, 2.24) is 4.98 Å². The molecule has 0 amide bonds. The number of anilines is 1. The molecule has 0 bridgehead atoms. The van der Waals surface area contributed by atoms with E-state index < -0.39 is 4.92 Å². The van der Waals surface area contributed by atoms with Crippen LogP contribution in [0.25, 0.3) is 0 Å². The van der Waals surface area contributed by atoms with Crippen LogP contribution in [0.1, 0.15) is 26.3 Å². The van der Waals surface area contributed by atoms with Gasteiger partial charge >= 0.3 is 0 Å². The van der Waals surface area contributed by atoms with E-state index in [0.29, 0.717) is 21.8 Å². The summed E-state index contributed by atoms with van der Waals surface area (Å²) in [7, 11) is 0. The van der Waals surface area contributed by atoms with Crippen molar-refractivity contribution in [1.29, 1.82) is 0 Å². The van der Waals surface area contributed by atoms with Crippen molar-refractivity contribution in [3.05, 3.63) is 26.3 Å². The quantitative estimate of drug-likeness (QED) is 0.682. The molecule has 0 aliphatic rings. The highest BCUT2D eigenvalue weighted by Crippen LogP contribution is 2.31. The van der Waals surface area contributed by atoms with Gasteiger partial charge in [0.05, 0.1) is 9.40 Å². The van der Waals surface area contributed by atoms with Crippen molar-refractivity contribution in [2.45, 2.75) is 33.7 Å². The van der Waals surface area contributed by atoms with Crippen LogP contribution in [-0.2, 0) is 0 Å². The van der Waals surface area contributed by atoms with Crippen LogP contribution >= 0.6 is 15.9 Å². The first-order valence-electron chi connectivity index (χ1n) is 5.40. The Labute approximate surface area is 109 Å². The largest absolute Gasteiger partial charge is 0.366 e. The number of aromatic nitrogens is 1. The summed E-state index contributed by atoms with van der Waals surface area (Å²) in [5.41, 5.74) is 0.614. The molecular weight excluding hydrogens is 286 g/mol. The van der Waals surface area contributed by atoms with E-state index >= 15 is 0 Å². The average molecular weight is 302 g/mol. The fourth-order valence-electron chi connectivity index (χ4n) is 1.24. The van der Waals surface area contributed by atoms with Gasteiger partial charge in [0.25, 0.3) is 5.69 Å². The van der Waals surface area contributed by atoms with Crippen LogP contribution in [0.2, 0.25) is 0 Å². The Bertz CT molecular complexity index is 435. The van der Waals surface area contributed by atoms with E-state index in [9.17, 15) is 10.1 Å². The lowest BCUT2D eigenvalue weighted by Gasteiger charge is -2.19. The maximum atomic E-state index is 10.7. The maximum absolute atomic E-state index is 10.7. The van der Waals surface area contributed by atoms with Crippen molar-refractivity contribution in [2.24, 2.45) is 5.92 Å². The molecule has 0 saturated heterocycles. The monoisotopic (exact) mass is 301 g/mol. The summed E-state index contributed by atoms with van der Waals surface area (Å²) in [5.74, 6) is 1.11. The van der Waals surface area contributed by atoms with Crippen molar-refractivity contribution in [3.63, 3.8) is 0 Å². The van der Waals surface area contributed by atoms with Crippen molar-refractivity contribution in [3.8, 4) is 0 Å². The van der Waals surface area contributed by atoms with Crippen LogP contribution in [0.4, 0.5) is 11.5 Å². The molecule has 6 heteroatoms. The predicted molar refractivity (Wildman–Crippen MR) is 71.3 cm³/mol. The topological polar surface area (TPSA) is 68.1 Å². The number of nitro groups is 1. The molecule has 1 aromatic heterocycles. The Hall–Kier alpha value is -1.17. The van der Waals surface area contributed by atoms with E-state index in [4.69, 9.17) is 0 Å². The molecule has 0 aromatic carbocycles. The van der Waals surface area contributed by atoms with E-state index in [-0.39, 0.29) is 11.7 Å². The van der Waals surface area contributed by atoms with Gasteiger partial charge in [0.2, 0.25) is 0 Å². The molecule has 0 aliphatic heterocycles. The third kappa shape index (κ3) is 3.15. The SMILES string of the molecule is Cc1c([N+](=O)[O-])cnc(NC(C)C(C)C)c1Br. The number of pyridine rings is 1. The summed E-state index contributed by atoms with van der Waals surface area (Å²) in [6.45, 7) is 7.96. The third-order valence-electron chi connectivity index (χ3n) is 2.80. The van der Waals surface area contributed by atoms with Gasteiger partial charge in [0.15, 0.2) is 0 Å². The number of nitrogens with zero attached hydrogens (tertiary/aromatic N) is 2. The number of rotatable bonds is 4. The highest BCUT2D eigenvalue weighted by molar-refractivity contribution is 9.10. The first kappa shape index (κ1) is 13.9. The smallest absolute Gasteiger partial charge is 0.291 e. The lowest BCUT2D eigenvalue weighted by molar-refractivity contribution is -0.385. The Morgan fingerprint density at radius 1 is 1.47 bits per heavy atom. The van der Waals surface area contributed by atoms with Crippen LogP contribution in [0.5, 0.6) is 0 Å². The Kier molecular flexibility index (Phi) is 4.45. The molecule has 5 nitrogen and oxygen atoms in total. The van der Waals surface area contributed by atoms with E-state index in [2.05, 4.69) is 47.0 Å². The van der Waals surface area contributed by atoms with Gasteiger partial charge < -0.3 is 5.32 Å². The van der Waals surface area contributed by atoms with Gasteiger partial charge in [-0.05, 0) is 35.7 Å². The molecule has 94 valence electrons. The fraction of sp³-hybridized carbons (Fsp3) is 0.545.